The molecule has 104 valence electrons. The van der Waals surface area contributed by atoms with Crippen molar-refractivity contribution in [3.8, 4) is 6.07 Å². The zero-order valence-corrected chi connectivity index (χ0v) is 12.7. The molecule has 1 aromatic carbocycles. The summed E-state index contributed by atoms with van der Waals surface area (Å²) in [5.74, 6) is 0.789. The standard InChI is InChI=1S/C16H14N4S/c1-11-8-12(2)20-15(18-11)14(9-17)16(19-20)21-10-13-6-4-3-5-7-13/h3-8H,10H2,1-2H3. The molecule has 0 amide bonds. The van der Waals surface area contributed by atoms with Gasteiger partial charge in [0, 0.05) is 17.1 Å². The van der Waals surface area contributed by atoms with Crippen LogP contribution in [0.15, 0.2) is 41.4 Å². The topological polar surface area (TPSA) is 54.0 Å². The van der Waals surface area contributed by atoms with E-state index >= 15 is 0 Å². The molecule has 3 rings (SSSR count). The number of hydrogen-bond acceptors (Lipinski definition) is 4. The monoisotopic (exact) mass is 294 g/mol. The van der Waals surface area contributed by atoms with E-state index in [2.05, 4.69) is 28.3 Å². The number of rotatable bonds is 3. The van der Waals surface area contributed by atoms with Crippen LogP contribution < -0.4 is 0 Å². The molecule has 0 radical (unpaired) electrons. The third-order valence-corrected chi connectivity index (χ3v) is 4.23. The van der Waals surface area contributed by atoms with Gasteiger partial charge in [-0.15, -0.1) is 0 Å². The Hall–Kier alpha value is -2.32. The number of hydrogen-bond donors (Lipinski definition) is 0. The van der Waals surface area contributed by atoms with E-state index in [0.29, 0.717) is 11.2 Å². The van der Waals surface area contributed by atoms with E-state index in [9.17, 15) is 5.26 Å². The van der Waals surface area contributed by atoms with Gasteiger partial charge in [0.05, 0.1) is 0 Å². The zero-order valence-electron chi connectivity index (χ0n) is 11.9. The molecule has 0 unspecified atom stereocenters. The minimum Gasteiger partial charge on any atom is -0.233 e. The van der Waals surface area contributed by atoms with E-state index in [1.807, 2.05) is 38.1 Å². The van der Waals surface area contributed by atoms with E-state index in [1.165, 1.54) is 5.56 Å². The lowest BCUT2D eigenvalue weighted by atomic mass is 10.2. The molecular weight excluding hydrogens is 280 g/mol. The average molecular weight is 294 g/mol. The molecule has 2 aromatic heterocycles. The highest BCUT2D eigenvalue weighted by molar-refractivity contribution is 7.98. The van der Waals surface area contributed by atoms with Gasteiger partial charge in [-0.25, -0.2) is 9.50 Å². The molecule has 0 aliphatic rings. The number of nitrogens with zero attached hydrogens (tertiary/aromatic N) is 4. The van der Waals surface area contributed by atoms with E-state index < -0.39 is 0 Å². The maximum atomic E-state index is 9.43. The first-order valence-electron chi connectivity index (χ1n) is 6.63. The van der Waals surface area contributed by atoms with Crippen molar-refractivity contribution in [3.05, 3.63) is 58.9 Å². The first kappa shape index (κ1) is 13.7. The predicted molar refractivity (Wildman–Crippen MR) is 83.2 cm³/mol. The normalized spacial score (nSPS) is 10.7. The molecule has 0 aliphatic heterocycles. The number of aromatic nitrogens is 3. The van der Waals surface area contributed by atoms with Crippen molar-refractivity contribution in [3.63, 3.8) is 0 Å². The number of fused-ring (bicyclic) bond motifs is 1. The van der Waals surface area contributed by atoms with Gasteiger partial charge >= 0.3 is 0 Å². The van der Waals surface area contributed by atoms with E-state index in [0.717, 1.165) is 22.2 Å². The van der Waals surface area contributed by atoms with Crippen molar-refractivity contribution in [2.24, 2.45) is 0 Å². The van der Waals surface area contributed by atoms with E-state index in [4.69, 9.17) is 0 Å². The van der Waals surface area contributed by atoms with Crippen LogP contribution in [0, 0.1) is 25.2 Å². The van der Waals surface area contributed by atoms with Crippen molar-refractivity contribution in [1.29, 1.82) is 5.26 Å². The average Bonchev–Trinajstić information content (AvgIpc) is 2.84. The van der Waals surface area contributed by atoms with Crippen LogP contribution in [0.1, 0.15) is 22.5 Å². The van der Waals surface area contributed by atoms with Crippen LogP contribution in [0.25, 0.3) is 5.65 Å². The summed E-state index contributed by atoms with van der Waals surface area (Å²) in [5.41, 5.74) is 4.30. The van der Waals surface area contributed by atoms with Crippen LogP contribution in [-0.4, -0.2) is 14.6 Å². The molecule has 3 aromatic rings. The molecule has 0 fully saturated rings. The second kappa shape index (κ2) is 5.58. The molecule has 0 aliphatic carbocycles. The molecule has 0 saturated carbocycles. The SMILES string of the molecule is Cc1cc(C)n2nc(SCc3ccccc3)c(C#N)c2n1. The molecule has 5 heteroatoms. The Morgan fingerprint density at radius 3 is 2.71 bits per heavy atom. The van der Waals surface area contributed by atoms with Gasteiger partial charge < -0.3 is 0 Å². The Labute approximate surface area is 127 Å². The van der Waals surface area contributed by atoms with Gasteiger partial charge in [0.25, 0.3) is 0 Å². The summed E-state index contributed by atoms with van der Waals surface area (Å²) in [5, 5.41) is 14.7. The highest BCUT2D eigenvalue weighted by Gasteiger charge is 2.16. The summed E-state index contributed by atoms with van der Waals surface area (Å²) in [6.07, 6.45) is 0. The summed E-state index contributed by atoms with van der Waals surface area (Å²) in [7, 11) is 0. The zero-order chi connectivity index (χ0) is 14.8. The summed E-state index contributed by atoms with van der Waals surface area (Å²) in [6.45, 7) is 3.90. The Bertz CT molecular complexity index is 831. The lowest BCUT2D eigenvalue weighted by Gasteiger charge is -1.99. The highest BCUT2D eigenvalue weighted by Crippen LogP contribution is 2.27. The van der Waals surface area contributed by atoms with Gasteiger partial charge in [0.2, 0.25) is 0 Å². The molecule has 21 heavy (non-hydrogen) atoms. The summed E-state index contributed by atoms with van der Waals surface area (Å²) in [6, 6.07) is 14.4. The van der Waals surface area contributed by atoms with Crippen LogP contribution in [0.4, 0.5) is 0 Å². The Morgan fingerprint density at radius 1 is 1.24 bits per heavy atom. The van der Waals surface area contributed by atoms with Crippen LogP contribution in [-0.2, 0) is 5.75 Å². The Kier molecular flexibility index (Phi) is 3.63. The smallest absolute Gasteiger partial charge is 0.174 e. The molecule has 0 saturated heterocycles. The lowest BCUT2D eigenvalue weighted by molar-refractivity contribution is 0.847. The number of benzene rings is 1. The molecule has 0 bridgehead atoms. The molecule has 0 spiro atoms. The fourth-order valence-corrected chi connectivity index (χ4v) is 3.14. The molecule has 0 N–H and O–H groups in total. The number of thioether (sulfide) groups is 1. The van der Waals surface area contributed by atoms with Crippen LogP contribution >= 0.6 is 11.8 Å². The fraction of sp³-hybridized carbons (Fsp3) is 0.188. The second-order valence-electron chi connectivity index (χ2n) is 4.84. The fourth-order valence-electron chi connectivity index (χ4n) is 2.23. The quantitative estimate of drug-likeness (QED) is 0.694. The third kappa shape index (κ3) is 2.63. The second-order valence-corrected chi connectivity index (χ2v) is 5.80. The third-order valence-electron chi connectivity index (χ3n) is 3.19. The number of nitriles is 1. The largest absolute Gasteiger partial charge is 0.233 e. The maximum absolute atomic E-state index is 9.43. The highest BCUT2D eigenvalue weighted by atomic mass is 32.2. The summed E-state index contributed by atoms with van der Waals surface area (Å²) in [4.78, 5) is 4.45. The maximum Gasteiger partial charge on any atom is 0.174 e. The predicted octanol–water partition coefficient (Wildman–Crippen LogP) is 3.51. The van der Waals surface area contributed by atoms with E-state index in [1.54, 1.807) is 16.3 Å². The van der Waals surface area contributed by atoms with Crippen molar-refractivity contribution >= 4 is 17.4 Å². The molecule has 0 atom stereocenters. The van der Waals surface area contributed by atoms with Crippen molar-refractivity contribution in [1.82, 2.24) is 14.6 Å². The van der Waals surface area contributed by atoms with Crippen LogP contribution in [0.2, 0.25) is 0 Å². The van der Waals surface area contributed by atoms with Crippen LogP contribution in [0.5, 0.6) is 0 Å². The minimum atomic E-state index is 0.558. The summed E-state index contributed by atoms with van der Waals surface area (Å²) < 4.78 is 1.75. The van der Waals surface area contributed by atoms with Crippen LogP contribution in [0.3, 0.4) is 0 Å². The van der Waals surface area contributed by atoms with Gasteiger partial charge in [-0.3, -0.25) is 0 Å². The molecular formula is C16H14N4S. The first-order chi connectivity index (χ1) is 10.2. The summed E-state index contributed by atoms with van der Waals surface area (Å²) >= 11 is 1.57. The van der Waals surface area contributed by atoms with Crippen molar-refractivity contribution < 1.29 is 0 Å². The van der Waals surface area contributed by atoms with E-state index in [-0.39, 0.29) is 0 Å². The van der Waals surface area contributed by atoms with Gasteiger partial charge in [-0.1, -0.05) is 42.1 Å². The van der Waals surface area contributed by atoms with Gasteiger partial charge in [-0.05, 0) is 25.5 Å². The Morgan fingerprint density at radius 2 is 2.00 bits per heavy atom. The lowest BCUT2D eigenvalue weighted by Crippen LogP contribution is -1.97. The number of aryl methyl sites for hydroxylation is 2. The van der Waals surface area contributed by atoms with Gasteiger partial charge in [0.15, 0.2) is 5.65 Å². The molecule has 2 heterocycles. The van der Waals surface area contributed by atoms with Crippen molar-refractivity contribution in [2.75, 3.05) is 0 Å². The Balaban J connectivity index is 1.99. The van der Waals surface area contributed by atoms with Gasteiger partial charge in [-0.2, -0.15) is 10.4 Å². The van der Waals surface area contributed by atoms with Gasteiger partial charge in [0.1, 0.15) is 16.7 Å². The molecule has 4 nitrogen and oxygen atoms in total. The first-order valence-corrected chi connectivity index (χ1v) is 7.61. The van der Waals surface area contributed by atoms with Crippen molar-refractivity contribution in [2.45, 2.75) is 24.6 Å². The minimum absolute atomic E-state index is 0.558.